The average Bonchev–Trinajstić information content (AvgIpc) is 3.21. The summed E-state index contributed by atoms with van der Waals surface area (Å²) in [5, 5.41) is 2.96. The van der Waals surface area contributed by atoms with Crippen LogP contribution in [-0.4, -0.2) is 45.9 Å². The number of unbranched alkanes of at least 4 members (excludes halogenated alkanes) is 2. The van der Waals surface area contributed by atoms with E-state index < -0.39 is 0 Å². The normalized spacial score (nSPS) is 11.6. The van der Waals surface area contributed by atoms with E-state index in [1.54, 1.807) is 6.08 Å². The summed E-state index contributed by atoms with van der Waals surface area (Å²) >= 11 is 0. The molecule has 0 radical (unpaired) electrons. The number of aromatic nitrogens is 2. The van der Waals surface area contributed by atoms with Crippen LogP contribution >= 0.6 is 0 Å². The minimum Gasteiger partial charge on any atom is -0.353 e. The molecule has 1 N–H and O–H groups in total. The number of amides is 2. The second-order valence-electron chi connectivity index (χ2n) is 10.5. The van der Waals surface area contributed by atoms with Crippen molar-refractivity contribution in [2.75, 3.05) is 19.6 Å². The number of aryl methyl sites for hydroxylation is 1. The van der Waals surface area contributed by atoms with Crippen LogP contribution in [0, 0.1) is 11.8 Å². The standard InChI is InChI=1S/C31H42N4O2/c1-24(2)21-34(22-25(3)4)31(37)23-35-28-16-11-10-15-27(28)33-29(35)17-9-6-12-20-32-30(36)19-18-26-13-7-5-8-14-26/h5,7-8,10-11,13-16,18-19,24-25H,6,9,12,17,20-23H2,1-4H3,(H,32,36)/b19-18+. The van der Waals surface area contributed by atoms with Crippen molar-refractivity contribution in [2.45, 2.75) is 59.9 Å². The van der Waals surface area contributed by atoms with Gasteiger partial charge in [-0.1, -0.05) is 76.6 Å². The van der Waals surface area contributed by atoms with Gasteiger partial charge in [0.2, 0.25) is 11.8 Å². The molecule has 0 bridgehead atoms. The Morgan fingerprint density at radius 2 is 1.59 bits per heavy atom. The maximum Gasteiger partial charge on any atom is 0.243 e. The Morgan fingerprint density at radius 3 is 2.30 bits per heavy atom. The molecule has 0 fully saturated rings. The molecule has 0 aliphatic rings. The minimum absolute atomic E-state index is 0.0727. The van der Waals surface area contributed by atoms with E-state index in [0.29, 0.717) is 24.9 Å². The lowest BCUT2D eigenvalue weighted by molar-refractivity contribution is -0.132. The smallest absolute Gasteiger partial charge is 0.243 e. The van der Waals surface area contributed by atoms with Gasteiger partial charge in [0.05, 0.1) is 11.0 Å². The molecule has 6 nitrogen and oxygen atoms in total. The number of carbonyl (C=O) groups is 2. The lowest BCUT2D eigenvalue weighted by Gasteiger charge is -2.27. The molecule has 6 heteroatoms. The third-order valence-electron chi connectivity index (χ3n) is 6.15. The summed E-state index contributed by atoms with van der Waals surface area (Å²) in [4.78, 5) is 32.3. The molecule has 0 aliphatic heterocycles. The molecule has 0 unspecified atom stereocenters. The number of para-hydroxylation sites is 2. The third-order valence-corrected chi connectivity index (χ3v) is 6.15. The molecule has 37 heavy (non-hydrogen) atoms. The number of benzene rings is 2. The van der Waals surface area contributed by atoms with Crippen molar-refractivity contribution in [3.05, 3.63) is 72.1 Å². The van der Waals surface area contributed by atoms with Crippen LogP contribution in [-0.2, 0) is 22.6 Å². The molecule has 0 aliphatic carbocycles. The van der Waals surface area contributed by atoms with Crippen LogP contribution in [0.4, 0.5) is 0 Å². The molecule has 0 spiro atoms. The number of fused-ring (bicyclic) bond motifs is 1. The molecule has 1 aromatic heterocycles. The van der Waals surface area contributed by atoms with E-state index >= 15 is 0 Å². The van der Waals surface area contributed by atoms with Crippen molar-refractivity contribution in [2.24, 2.45) is 11.8 Å². The molecule has 2 amide bonds. The topological polar surface area (TPSA) is 67.2 Å². The van der Waals surface area contributed by atoms with Gasteiger partial charge in [-0.25, -0.2) is 4.98 Å². The highest BCUT2D eigenvalue weighted by atomic mass is 16.2. The summed E-state index contributed by atoms with van der Waals surface area (Å²) in [5.74, 6) is 1.89. The molecular formula is C31H42N4O2. The second kappa shape index (κ2) is 14.4. The van der Waals surface area contributed by atoms with Crippen molar-refractivity contribution in [3.63, 3.8) is 0 Å². The second-order valence-corrected chi connectivity index (χ2v) is 10.5. The van der Waals surface area contributed by atoms with Crippen molar-refractivity contribution in [3.8, 4) is 0 Å². The Hall–Kier alpha value is -3.41. The van der Waals surface area contributed by atoms with E-state index in [2.05, 4.69) is 37.6 Å². The monoisotopic (exact) mass is 502 g/mol. The van der Waals surface area contributed by atoms with Crippen LogP contribution < -0.4 is 5.32 Å². The van der Waals surface area contributed by atoms with Gasteiger partial charge < -0.3 is 14.8 Å². The van der Waals surface area contributed by atoms with Crippen LogP contribution in [0.15, 0.2) is 60.7 Å². The zero-order valence-electron chi connectivity index (χ0n) is 22.8. The van der Waals surface area contributed by atoms with Gasteiger partial charge >= 0.3 is 0 Å². The minimum atomic E-state index is -0.0727. The van der Waals surface area contributed by atoms with Crippen molar-refractivity contribution in [1.29, 1.82) is 0 Å². The Kier molecular flexibility index (Phi) is 10.9. The number of carbonyl (C=O) groups excluding carboxylic acids is 2. The van der Waals surface area contributed by atoms with Gasteiger partial charge in [-0.05, 0) is 48.4 Å². The number of hydrogen-bond donors (Lipinski definition) is 1. The molecule has 0 saturated heterocycles. The average molecular weight is 503 g/mol. The number of imidazole rings is 1. The van der Waals surface area contributed by atoms with Crippen LogP contribution in [0.1, 0.15) is 58.3 Å². The molecular weight excluding hydrogens is 460 g/mol. The molecule has 3 rings (SSSR count). The summed E-state index contributed by atoms with van der Waals surface area (Å²) < 4.78 is 2.10. The molecule has 1 heterocycles. The van der Waals surface area contributed by atoms with Crippen molar-refractivity contribution >= 4 is 28.9 Å². The highest BCUT2D eigenvalue weighted by Crippen LogP contribution is 2.19. The maximum absolute atomic E-state index is 13.3. The van der Waals surface area contributed by atoms with Crippen LogP contribution in [0.2, 0.25) is 0 Å². The summed E-state index contributed by atoms with van der Waals surface area (Å²) in [6.07, 6.45) is 7.04. The Bertz CT molecular complexity index is 1150. The van der Waals surface area contributed by atoms with E-state index in [4.69, 9.17) is 4.98 Å². The first kappa shape index (κ1) is 28.2. The first-order chi connectivity index (χ1) is 17.8. The lowest BCUT2D eigenvalue weighted by atomic mass is 10.1. The summed E-state index contributed by atoms with van der Waals surface area (Å²) in [5.41, 5.74) is 2.95. The van der Waals surface area contributed by atoms with Crippen molar-refractivity contribution in [1.82, 2.24) is 19.8 Å². The van der Waals surface area contributed by atoms with Gasteiger partial charge in [-0.2, -0.15) is 0 Å². The molecule has 3 aromatic rings. The fourth-order valence-corrected chi connectivity index (χ4v) is 4.48. The third kappa shape index (κ3) is 9.19. The van der Waals surface area contributed by atoms with Crippen LogP contribution in [0.25, 0.3) is 17.1 Å². The van der Waals surface area contributed by atoms with Crippen LogP contribution in [0.5, 0.6) is 0 Å². The Morgan fingerprint density at radius 1 is 0.919 bits per heavy atom. The van der Waals surface area contributed by atoms with Crippen LogP contribution in [0.3, 0.4) is 0 Å². The predicted molar refractivity (Wildman–Crippen MR) is 152 cm³/mol. The largest absolute Gasteiger partial charge is 0.353 e. The molecule has 2 aromatic carbocycles. The zero-order chi connectivity index (χ0) is 26.6. The Balaban J connectivity index is 1.53. The van der Waals surface area contributed by atoms with Gasteiger partial charge in [0.25, 0.3) is 0 Å². The summed E-state index contributed by atoms with van der Waals surface area (Å²) in [6.45, 7) is 11.1. The van der Waals surface area contributed by atoms with Gasteiger partial charge in [0, 0.05) is 32.1 Å². The van der Waals surface area contributed by atoms with E-state index in [-0.39, 0.29) is 11.8 Å². The lowest BCUT2D eigenvalue weighted by Crippen LogP contribution is -2.39. The van der Waals surface area contributed by atoms with Crippen molar-refractivity contribution < 1.29 is 9.59 Å². The molecule has 0 saturated carbocycles. The zero-order valence-corrected chi connectivity index (χ0v) is 22.8. The number of rotatable bonds is 14. The van der Waals surface area contributed by atoms with Gasteiger partial charge in [0.15, 0.2) is 0 Å². The SMILES string of the molecule is CC(C)CN(CC(C)C)C(=O)Cn1c(CCCCCNC(=O)/C=C/c2ccccc2)nc2ccccc21. The predicted octanol–water partition coefficient (Wildman–Crippen LogP) is 5.72. The fourth-order valence-electron chi connectivity index (χ4n) is 4.48. The number of nitrogens with zero attached hydrogens (tertiary/aromatic N) is 3. The first-order valence-corrected chi connectivity index (χ1v) is 13.6. The van der Waals surface area contributed by atoms with Gasteiger partial charge in [-0.3, -0.25) is 9.59 Å². The summed E-state index contributed by atoms with van der Waals surface area (Å²) in [6, 6.07) is 17.9. The van der Waals surface area contributed by atoms with E-state index in [1.165, 1.54) is 0 Å². The van der Waals surface area contributed by atoms with E-state index in [1.807, 2.05) is 65.6 Å². The summed E-state index contributed by atoms with van der Waals surface area (Å²) in [7, 11) is 0. The Labute approximate surface area is 221 Å². The quantitative estimate of drug-likeness (QED) is 0.226. The maximum atomic E-state index is 13.3. The first-order valence-electron chi connectivity index (χ1n) is 13.6. The van der Waals surface area contributed by atoms with Gasteiger partial charge in [-0.15, -0.1) is 0 Å². The number of nitrogens with one attached hydrogen (secondary N) is 1. The number of hydrogen-bond acceptors (Lipinski definition) is 3. The van der Waals surface area contributed by atoms with Gasteiger partial charge in [0.1, 0.15) is 12.4 Å². The van der Waals surface area contributed by atoms with E-state index in [9.17, 15) is 9.59 Å². The highest BCUT2D eigenvalue weighted by Gasteiger charge is 2.20. The fraction of sp³-hybridized carbons (Fsp3) is 0.452. The molecule has 198 valence electrons. The van der Waals surface area contributed by atoms with E-state index in [0.717, 1.165) is 61.2 Å². The molecule has 0 atom stereocenters. The highest BCUT2D eigenvalue weighted by molar-refractivity contribution is 5.91.